The van der Waals surface area contributed by atoms with E-state index in [-0.39, 0.29) is 6.04 Å². The summed E-state index contributed by atoms with van der Waals surface area (Å²) in [5, 5.41) is 0. The number of nitrogens with two attached hydrogens (primary N) is 1. The fourth-order valence-corrected chi connectivity index (χ4v) is 3.10. The number of benzene rings is 1. The maximum Gasteiger partial charge on any atom is 0.121 e. The summed E-state index contributed by atoms with van der Waals surface area (Å²) in [6.07, 6.45) is 1.09. The average molecular weight is 262 g/mol. The lowest BCUT2D eigenvalue weighted by Crippen LogP contribution is -2.34. The van der Waals surface area contributed by atoms with Crippen molar-refractivity contribution in [2.24, 2.45) is 11.7 Å². The van der Waals surface area contributed by atoms with Gasteiger partial charge in [-0.2, -0.15) is 0 Å². The van der Waals surface area contributed by atoms with E-state index in [0.29, 0.717) is 12.0 Å². The minimum atomic E-state index is 0.242. The topological polar surface area (TPSA) is 38.5 Å². The van der Waals surface area contributed by atoms with Crippen molar-refractivity contribution in [2.75, 3.05) is 20.2 Å². The molecule has 3 heteroatoms. The van der Waals surface area contributed by atoms with Crippen LogP contribution in [0.5, 0.6) is 5.75 Å². The predicted molar refractivity (Wildman–Crippen MR) is 79.5 cm³/mol. The second kappa shape index (κ2) is 5.93. The smallest absolute Gasteiger partial charge is 0.121 e. The number of rotatable bonds is 4. The average Bonchev–Trinajstić information content (AvgIpc) is 2.69. The second-order valence-electron chi connectivity index (χ2n) is 6.02. The first-order valence-corrected chi connectivity index (χ1v) is 7.17. The predicted octanol–water partition coefficient (Wildman–Crippen LogP) is 2.73. The summed E-state index contributed by atoms with van der Waals surface area (Å²) in [5.74, 6) is 1.62. The van der Waals surface area contributed by atoms with Gasteiger partial charge in [0.05, 0.1) is 7.11 Å². The molecule has 1 fully saturated rings. The van der Waals surface area contributed by atoms with Crippen molar-refractivity contribution >= 4 is 0 Å². The van der Waals surface area contributed by atoms with Gasteiger partial charge in [-0.25, -0.2) is 0 Å². The Kier molecular flexibility index (Phi) is 4.48. The third-order valence-corrected chi connectivity index (χ3v) is 3.91. The minimum Gasteiger partial charge on any atom is -0.496 e. The number of aryl methyl sites for hydroxylation is 1. The number of likely N-dealkylation sites (tertiary alicyclic amines) is 1. The zero-order chi connectivity index (χ0) is 14.0. The van der Waals surface area contributed by atoms with Gasteiger partial charge in [-0.3, -0.25) is 4.90 Å². The third kappa shape index (κ3) is 3.10. The molecule has 1 aliphatic rings. The molecule has 3 nitrogen and oxygen atoms in total. The lowest BCUT2D eigenvalue weighted by Gasteiger charge is -2.29. The molecule has 2 atom stereocenters. The zero-order valence-electron chi connectivity index (χ0n) is 12.5. The largest absolute Gasteiger partial charge is 0.496 e. The molecule has 106 valence electrons. The van der Waals surface area contributed by atoms with Gasteiger partial charge in [0.1, 0.15) is 5.75 Å². The molecule has 0 saturated carbocycles. The number of methoxy groups -OCH3 is 1. The molecule has 1 saturated heterocycles. The van der Waals surface area contributed by atoms with E-state index in [0.717, 1.165) is 25.3 Å². The Bertz CT molecular complexity index is 431. The van der Waals surface area contributed by atoms with E-state index in [1.54, 1.807) is 7.11 Å². The molecular weight excluding hydrogens is 236 g/mol. The monoisotopic (exact) mass is 262 g/mol. The van der Waals surface area contributed by atoms with Crippen LogP contribution in [0.25, 0.3) is 0 Å². The highest BCUT2D eigenvalue weighted by Crippen LogP contribution is 2.33. The van der Waals surface area contributed by atoms with Crippen molar-refractivity contribution < 1.29 is 4.74 Å². The van der Waals surface area contributed by atoms with Gasteiger partial charge in [0.25, 0.3) is 0 Å². The van der Waals surface area contributed by atoms with Crippen LogP contribution in [0.4, 0.5) is 0 Å². The number of ether oxygens (including phenoxy) is 1. The van der Waals surface area contributed by atoms with Crippen molar-refractivity contribution in [1.82, 2.24) is 4.90 Å². The Morgan fingerprint density at radius 2 is 2.16 bits per heavy atom. The van der Waals surface area contributed by atoms with Gasteiger partial charge >= 0.3 is 0 Å². The Morgan fingerprint density at radius 1 is 1.42 bits per heavy atom. The Hall–Kier alpha value is -1.06. The first-order chi connectivity index (χ1) is 9.02. The molecule has 1 aliphatic heterocycles. The second-order valence-corrected chi connectivity index (χ2v) is 6.02. The van der Waals surface area contributed by atoms with Crippen molar-refractivity contribution in [3.05, 3.63) is 29.3 Å². The molecule has 1 aromatic carbocycles. The van der Waals surface area contributed by atoms with Crippen LogP contribution in [0.15, 0.2) is 18.2 Å². The van der Waals surface area contributed by atoms with Crippen LogP contribution in [0, 0.1) is 12.8 Å². The SMILES string of the molecule is COc1ccc(C2C(N)CCN2CC(C)C)cc1C. The molecule has 2 N–H and O–H groups in total. The third-order valence-electron chi connectivity index (χ3n) is 3.91. The van der Waals surface area contributed by atoms with Gasteiger partial charge in [-0.05, 0) is 36.5 Å². The molecule has 0 aliphatic carbocycles. The van der Waals surface area contributed by atoms with E-state index in [1.165, 1.54) is 11.1 Å². The summed E-state index contributed by atoms with van der Waals surface area (Å²) in [7, 11) is 1.72. The lowest BCUT2D eigenvalue weighted by molar-refractivity contribution is 0.221. The normalized spacial score (nSPS) is 24.1. The van der Waals surface area contributed by atoms with Gasteiger partial charge in [-0.1, -0.05) is 26.0 Å². The summed E-state index contributed by atoms with van der Waals surface area (Å²) in [5.41, 5.74) is 8.83. The van der Waals surface area contributed by atoms with Crippen LogP contribution in [-0.2, 0) is 0 Å². The maximum absolute atomic E-state index is 6.32. The van der Waals surface area contributed by atoms with Crippen molar-refractivity contribution in [3.8, 4) is 5.75 Å². The molecule has 0 radical (unpaired) electrons. The Balaban J connectivity index is 2.24. The highest BCUT2D eigenvalue weighted by atomic mass is 16.5. The van der Waals surface area contributed by atoms with E-state index in [9.17, 15) is 0 Å². The highest BCUT2D eigenvalue weighted by Gasteiger charge is 2.33. The summed E-state index contributed by atoms with van der Waals surface area (Å²) in [6, 6.07) is 7.04. The lowest BCUT2D eigenvalue weighted by atomic mass is 9.98. The quantitative estimate of drug-likeness (QED) is 0.906. The molecule has 1 heterocycles. The molecule has 0 aromatic heterocycles. The van der Waals surface area contributed by atoms with Gasteiger partial charge in [-0.15, -0.1) is 0 Å². The van der Waals surface area contributed by atoms with Crippen LogP contribution in [-0.4, -0.2) is 31.1 Å². The highest BCUT2D eigenvalue weighted by molar-refractivity contribution is 5.38. The Labute approximate surface area is 116 Å². The molecule has 2 unspecified atom stereocenters. The molecule has 19 heavy (non-hydrogen) atoms. The van der Waals surface area contributed by atoms with Crippen LogP contribution < -0.4 is 10.5 Å². The summed E-state index contributed by atoms with van der Waals surface area (Å²) >= 11 is 0. The van der Waals surface area contributed by atoms with Gasteiger partial charge < -0.3 is 10.5 Å². The fraction of sp³-hybridized carbons (Fsp3) is 0.625. The summed E-state index contributed by atoms with van der Waals surface area (Å²) < 4.78 is 5.34. The van der Waals surface area contributed by atoms with E-state index in [2.05, 4.69) is 43.9 Å². The van der Waals surface area contributed by atoms with Gasteiger partial charge in [0.15, 0.2) is 0 Å². The molecular formula is C16H26N2O. The van der Waals surface area contributed by atoms with Gasteiger partial charge in [0.2, 0.25) is 0 Å². The van der Waals surface area contributed by atoms with Crippen LogP contribution in [0.1, 0.15) is 37.4 Å². The molecule has 1 aromatic rings. The summed E-state index contributed by atoms with van der Waals surface area (Å²) in [4.78, 5) is 2.52. The van der Waals surface area contributed by atoms with E-state index in [1.807, 2.05) is 0 Å². The first-order valence-electron chi connectivity index (χ1n) is 7.17. The fourth-order valence-electron chi connectivity index (χ4n) is 3.10. The Morgan fingerprint density at radius 3 is 2.74 bits per heavy atom. The van der Waals surface area contributed by atoms with Crippen molar-refractivity contribution in [2.45, 2.75) is 39.3 Å². The van der Waals surface area contributed by atoms with Crippen LogP contribution >= 0.6 is 0 Å². The van der Waals surface area contributed by atoms with Crippen molar-refractivity contribution in [1.29, 1.82) is 0 Å². The van der Waals surface area contributed by atoms with E-state index < -0.39 is 0 Å². The van der Waals surface area contributed by atoms with E-state index >= 15 is 0 Å². The minimum absolute atomic E-state index is 0.242. The molecule has 0 spiro atoms. The summed E-state index contributed by atoms with van der Waals surface area (Å²) in [6.45, 7) is 8.84. The molecule has 0 bridgehead atoms. The number of hydrogen-bond donors (Lipinski definition) is 1. The molecule has 0 amide bonds. The van der Waals surface area contributed by atoms with Crippen LogP contribution in [0.3, 0.4) is 0 Å². The zero-order valence-corrected chi connectivity index (χ0v) is 12.5. The number of hydrogen-bond acceptors (Lipinski definition) is 3. The van der Waals surface area contributed by atoms with Crippen molar-refractivity contribution in [3.63, 3.8) is 0 Å². The van der Waals surface area contributed by atoms with Crippen LogP contribution in [0.2, 0.25) is 0 Å². The maximum atomic E-state index is 6.32. The number of nitrogens with zero attached hydrogens (tertiary/aromatic N) is 1. The first kappa shape index (κ1) is 14.4. The van der Waals surface area contributed by atoms with Gasteiger partial charge in [0, 0.05) is 25.2 Å². The molecule has 2 rings (SSSR count). The van der Waals surface area contributed by atoms with E-state index in [4.69, 9.17) is 10.5 Å². The standard InChI is InChI=1S/C16H26N2O/c1-11(2)10-18-8-7-14(17)16(18)13-5-6-15(19-4)12(3)9-13/h5-6,9,11,14,16H,7-8,10,17H2,1-4H3.